The van der Waals surface area contributed by atoms with Crippen LogP contribution in [0.3, 0.4) is 0 Å². The first-order valence-electron chi connectivity index (χ1n) is 3.31. The van der Waals surface area contributed by atoms with Crippen LogP contribution in [-0.2, 0) is 0 Å². The van der Waals surface area contributed by atoms with Crippen LogP contribution >= 0.6 is 0 Å². The quantitative estimate of drug-likeness (QED) is 0.532. The number of nitrogens with one attached hydrogen (secondary N) is 1. The minimum Gasteiger partial charge on any atom is -0.318 e. The molecule has 0 aliphatic carbocycles. The van der Waals surface area contributed by atoms with Crippen LogP contribution in [0.5, 0.6) is 0 Å². The van der Waals surface area contributed by atoms with Crippen molar-refractivity contribution >= 4 is 0 Å². The fourth-order valence-electron chi connectivity index (χ4n) is 0.237. The molecule has 1 N–H and O–H groups in total. The molecule has 7 heavy (non-hydrogen) atoms. The maximum Gasteiger partial charge on any atom is 0.0441 e. The third-order valence-corrected chi connectivity index (χ3v) is 0.572. The molecule has 0 bridgehead atoms. The highest BCUT2D eigenvalue weighted by Crippen LogP contribution is 1.66. The van der Waals surface area contributed by atoms with Crippen molar-refractivity contribution in [3.63, 3.8) is 0 Å². The number of rotatable bonds is 3. The zero-order chi connectivity index (χ0) is 7.49. The Morgan fingerprint density at radius 2 is 2.29 bits per heavy atom. The van der Waals surface area contributed by atoms with Crippen molar-refractivity contribution in [2.45, 2.75) is 0 Å². The summed E-state index contributed by atoms with van der Waals surface area (Å²) in [6.45, 7) is -0.854. The van der Waals surface area contributed by atoms with Gasteiger partial charge in [0.15, 0.2) is 0 Å². The summed E-state index contributed by atoms with van der Waals surface area (Å²) in [7, 11) is 5.30. The van der Waals surface area contributed by atoms with Crippen molar-refractivity contribution in [1.82, 2.24) is 10.2 Å². The van der Waals surface area contributed by atoms with Gasteiger partial charge >= 0.3 is 0 Å². The largest absolute Gasteiger partial charge is 0.318 e. The molecule has 0 radical (unpaired) electrons. The second-order valence-electron chi connectivity index (χ2n) is 1.66. The SMILES string of the molecule is [2H]C([2H])(CN(C)C)NC. The molecule has 0 aromatic heterocycles. The molecule has 0 aliphatic heterocycles. The van der Waals surface area contributed by atoms with Gasteiger partial charge in [0.25, 0.3) is 0 Å². The summed E-state index contributed by atoms with van der Waals surface area (Å²) in [6, 6.07) is 0. The Morgan fingerprint density at radius 1 is 1.71 bits per heavy atom. The van der Waals surface area contributed by atoms with E-state index < -0.39 is 6.50 Å². The van der Waals surface area contributed by atoms with E-state index in [0.29, 0.717) is 6.54 Å². The van der Waals surface area contributed by atoms with E-state index >= 15 is 0 Å². The third-order valence-electron chi connectivity index (χ3n) is 0.572. The van der Waals surface area contributed by atoms with Gasteiger partial charge in [-0.2, -0.15) is 0 Å². The van der Waals surface area contributed by atoms with E-state index in [0.717, 1.165) is 0 Å². The average Bonchev–Trinajstić information content (AvgIpc) is 1.63. The Balaban J connectivity index is 3.58. The average molecular weight is 104 g/mol. The van der Waals surface area contributed by atoms with Crippen molar-refractivity contribution in [2.75, 3.05) is 34.2 Å². The van der Waals surface area contributed by atoms with Crippen LogP contribution < -0.4 is 5.32 Å². The summed E-state index contributed by atoms with van der Waals surface area (Å²) in [5.41, 5.74) is 0. The monoisotopic (exact) mass is 104 g/mol. The van der Waals surface area contributed by atoms with Crippen molar-refractivity contribution in [3.05, 3.63) is 0 Å². The van der Waals surface area contributed by atoms with E-state index in [1.807, 2.05) is 14.1 Å². The molecule has 2 nitrogen and oxygen atoms in total. The highest BCUT2D eigenvalue weighted by Gasteiger charge is 1.82. The fraction of sp³-hybridized carbons (Fsp3) is 1.00. The number of hydrogen-bond donors (Lipinski definition) is 1. The van der Waals surface area contributed by atoms with Gasteiger partial charge < -0.3 is 10.2 Å². The molecule has 0 atom stereocenters. The molecule has 0 saturated carbocycles. The van der Waals surface area contributed by atoms with E-state index in [2.05, 4.69) is 5.32 Å². The number of hydrogen-bond acceptors (Lipinski definition) is 2. The summed E-state index contributed by atoms with van der Waals surface area (Å²) in [6.07, 6.45) is 0. The van der Waals surface area contributed by atoms with Gasteiger partial charge in [-0.3, -0.25) is 0 Å². The second kappa shape index (κ2) is 4.09. The first-order chi connectivity index (χ1) is 3.98. The predicted molar refractivity (Wildman–Crippen MR) is 32.5 cm³/mol. The lowest BCUT2D eigenvalue weighted by Gasteiger charge is -2.06. The lowest BCUT2D eigenvalue weighted by molar-refractivity contribution is 0.407. The molecule has 2 heteroatoms. The van der Waals surface area contributed by atoms with Gasteiger partial charge in [0, 0.05) is 15.8 Å². The molecule has 0 unspecified atom stereocenters. The minimum absolute atomic E-state index is 0.406. The summed E-state index contributed by atoms with van der Waals surface area (Å²) >= 11 is 0. The predicted octanol–water partition coefficient (Wildman–Crippen LogP) is -0.233. The molecule has 0 aromatic rings. The summed E-state index contributed by atoms with van der Waals surface area (Å²) in [4.78, 5) is 1.80. The lowest BCUT2D eigenvalue weighted by Crippen LogP contribution is -2.23. The van der Waals surface area contributed by atoms with Crippen molar-refractivity contribution in [2.24, 2.45) is 0 Å². The Morgan fingerprint density at radius 3 is 2.43 bits per heavy atom. The molecule has 44 valence electrons. The Labute approximate surface area is 48.3 Å². The number of likely N-dealkylation sites (N-methyl/N-ethyl adjacent to an activating group) is 2. The van der Waals surface area contributed by atoms with Crippen LogP contribution in [0.1, 0.15) is 2.74 Å². The molecular weight excluding hydrogens is 88.1 g/mol. The van der Waals surface area contributed by atoms with Gasteiger partial charge in [-0.05, 0) is 21.1 Å². The lowest BCUT2D eigenvalue weighted by atomic mass is 10.6. The molecule has 0 aliphatic rings. The van der Waals surface area contributed by atoms with Gasteiger partial charge in [0.05, 0.1) is 0 Å². The smallest absolute Gasteiger partial charge is 0.0441 e. The third kappa shape index (κ3) is 5.92. The minimum atomic E-state index is -1.26. The van der Waals surface area contributed by atoms with Gasteiger partial charge in [-0.25, -0.2) is 0 Å². The first kappa shape index (κ1) is 3.87. The van der Waals surface area contributed by atoms with Crippen molar-refractivity contribution in [1.29, 1.82) is 0 Å². The highest BCUT2D eigenvalue weighted by molar-refractivity contribution is 4.42. The van der Waals surface area contributed by atoms with Crippen LogP contribution in [-0.4, -0.2) is 39.1 Å². The Kier molecular flexibility index (Phi) is 2.26. The molecule has 0 aromatic carbocycles. The normalized spacial score (nSPS) is 16.6. The summed E-state index contributed by atoms with van der Waals surface area (Å²) < 4.78 is 14.4. The Hall–Kier alpha value is -0.0800. The maximum absolute atomic E-state index is 7.22. The highest BCUT2D eigenvalue weighted by atomic mass is 15.1. The molecule has 0 saturated heterocycles. The van der Waals surface area contributed by atoms with Crippen molar-refractivity contribution in [3.8, 4) is 0 Å². The second-order valence-corrected chi connectivity index (χ2v) is 1.66. The molecule has 0 fully saturated rings. The molecule has 0 rings (SSSR count). The fourth-order valence-corrected chi connectivity index (χ4v) is 0.237. The number of nitrogens with zero attached hydrogens (tertiary/aromatic N) is 1. The molecule has 0 spiro atoms. The van der Waals surface area contributed by atoms with Crippen molar-refractivity contribution < 1.29 is 2.74 Å². The maximum atomic E-state index is 7.22. The van der Waals surface area contributed by atoms with Gasteiger partial charge in [-0.15, -0.1) is 0 Å². The van der Waals surface area contributed by atoms with E-state index in [1.54, 1.807) is 11.9 Å². The van der Waals surface area contributed by atoms with Crippen LogP contribution in [0.4, 0.5) is 0 Å². The van der Waals surface area contributed by atoms with Gasteiger partial charge in [0.1, 0.15) is 0 Å². The topological polar surface area (TPSA) is 15.3 Å². The summed E-state index contributed by atoms with van der Waals surface area (Å²) in [5.74, 6) is 0. The zero-order valence-electron chi connectivity index (χ0n) is 7.15. The van der Waals surface area contributed by atoms with Crippen LogP contribution in [0, 0.1) is 0 Å². The van der Waals surface area contributed by atoms with Gasteiger partial charge in [-0.1, -0.05) is 0 Å². The molecule has 0 amide bonds. The van der Waals surface area contributed by atoms with Gasteiger partial charge in [0.2, 0.25) is 0 Å². The first-order valence-corrected chi connectivity index (χ1v) is 2.31. The van der Waals surface area contributed by atoms with Crippen LogP contribution in [0.25, 0.3) is 0 Å². The van der Waals surface area contributed by atoms with E-state index in [-0.39, 0.29) is 0 Å². The van der Waals surface area contributed by atoms with E-state index in [9.17, 15) is 0 Å². The standard InChI is InChI=1S/C5H14N2/c1-6-4-5-7(2)3/h6H,4-5H2,1-3H3/i4D2. The summed E-state index contributed by atoms with van der Waals surface area (Å²) in [5, 5.41) is 2.56. The zero-order valence-corrected chi connectivity index (χ0v) is 5.15. The van der Waals surface area contributed by atoms with Crippen LogP contribution in [0.2, 0.25) is 0 Å². The van der Waals surface area contributed by atoms with E-state index in [1.165, 1.54) is 0 Å². The Bertz CT molecular complexity index is 83.0. The van der Waals surface area contributed by atoms with E-state index in [4.69, 9.17) is 2.74 Å². The molecule has 0 heterocycles. The van der Waals surface area contributed by atoms with Crippen LogP contribution in [0.15, 0.2) is 0 Å². The molecular formula is C5H14N2.